The van der Waals surface area contributed by atoms with Crippen LogP contribution in [0.2, 0.25) is 0 Å². The molecule has 4 heteroatoms. The Bertz CT molecular complexity index is 578. The zero-order chi connectivity index (χ0) is 13.2. The fourth-order valence-electron chi connectivity index (χ4n) is 2.16. The zero-order valence-corrected chi connectivity index (χ0v) is 12.0. The summed E-state index contributed by atoms with van der Waals surface area (Å²) in [5.41, 5.74) is 2.19. The van der Waals surface area contributed by atoms with Crippen LogP contribution in [0.25, 0.3) is 0 Å². The number of rotatable bonds is 3. The van der Waals surface area contributed by atoms with Gasteiger partial charge < -0.3 is 0 Å². The molecule has 3 rings (SSSR count). The molecule has 0 amide bonds. The number of hydrogen-bond donors (Lipinski definition) is 0. The topological polar surface area (TPSA) is 17.1 Å². The van der Waals surface area contributed by atoms with E-state index in [1.54, 1.807) is 23.5 Å². The summed E-state index contributed by atoms with van der Waals surface area (Å²) in [6.07, 6.45) is 1.43. The number of halogens is 1. The number of carbonyl (C=O) groups is 1. The van der Waals surface area contributed by atoms with Crippen LogP contribution in [0, 0.1) is 5.82 Å². The first-order chi connectivity index (χ1) is 9.22. The predicted molar refractivity (Wildman–Crippen MR) is 78.6 cm³/mol. The SMILES string of the molecule is O=C(Cc1ccc(F)cc1)c1cc2c(s1)CCSC2. The van der Waals surface area contributed by atoms with Gasteiger partial charge >= 0.3 is 0 Å². The Balaban J connectivity index is 1.76. The maximum atomic E-state index is 12.8. The number of aryl methyl sites for hydroxylation is 1. The fourth-order valence-corrected chi connectivity index (χ4v) is 4.47. The lowest BCUT2D eigenvalue weighted by Gasteiger charge is -2.08. The second-order valence-corrected chi connectivity index (χ2v) is 6.83. The van der Waals surface area contributed by atoms with Crippen LogP contribution in [-0.4, -0.2) is 11.5 Å². The summed E-state index contributed by atoms with van der Waals surface area (Å²) in [5, 5.41) is 0. The summed E-state index contributed by atoms with van der Waals surface area (Å²) in [7, 11) is 0. The van der Waals surface area contributed by atoms with Crippen molar-refractivity contribution in [3.63, 3.8) is 0 Å². The Labute approximate surface area is 119 Å². The van der Waals surface area contributed by atoms with Crippen LogP contribution in [0.4, 0.5) is 4.39 Å². The Morgan fingerprint density at radius 3 is 2.79 bits per heavy atom. The third-order valence-corrected chi connectivity index (χ3v) is 5.47. The minimum atomic E-state index is -0.264. The Kier molecular flexibility index (Phi) is 3.71. The van der Waals surface area contributed by atoms with E-state index in [0.717, 1.165) is 28.4 Å². The first-order valence-corrected chi connectivity index (χ1v) is 8.16. The van der Waals surface area contributed by atoms with Crippen molar-refractivity contribution in [2.75, 3.05) is 5.75 Å². The molecule has 0 bridgehead atoms. The number of Topliss-reactive ketones (excluding diaryl/α,β-unsaturated/α-hetero) is 1. The van der Waals surface area contributed by atoms with Gasteiger partial charge in [0.1, 0.15) is 5.82 Å². The van der Waals surface area contributed by atoms with Crippen molar-refractivity contribution < 1.29 is 9.18 Å². The van der Waals surface area contributed by atoms with Crippen molar-refractivity contribution in [3.05, 3.63) is 57.0 Å². The number of ketones is 1. The molecule has 1 aliphatic heterocycles. The van der Waals surface area contributed by atoms with Crippen molar-refractivity contribution in [1.29, 1.82) is 0 Å². The van der Waals surface area contributed by atoms with Gasteiger partial charge in [-0.2, -0.15) is 11.8 Å². The van der Waals surface area contributed by atoms with Gasteiger partial charge in [0.25, 0.3) is 0 Å². The molecular formula is C15H13FOS2. The minimum absolute atomic E-state index is 0.135. The lowest BCUT2D eigenvalue weighted by atomic mass is 10.1. The first-order valence-electron chi connectivity index (χ1n) is 6.19. The molecule has 2 aromatic rings. The fraction of sp³-hybridized carbons (Fsp3) is 0.267. The van der Waals surface area contributed by atoms with Crippen LogP contribution < -0.4 is 0 Å². The van der Waals surface area contributed by atoms with E-state index in [-0.39, 0.29) is 11.6 Å². The second kappa shape index (κ2) is 5.47. The van der Waals surface area contributed by atoms with Gasteiger partial charge in [0.05, 0.1) is 4.88 Å². The molecule has 0 saturated heterocycles. The molecule has 0 spiro atoms. The summed E-state index contributed by atoms with van der Waals surface area (Å²) in [6.45, 7) is 0. The number of thiophene rings is 1. The Morgan fingerprint density at radius 2 is 2.05 bits per heavy atom. The molecule has 1 aromatic carbocycles. The quantitative estimate of drug-likeness (QED) is 0.792. The number of thioether (sulfide) groups is 1. The molecule has 0 saturated carbocycles. The minimum Gasteiger partial charge on any atom is -0.293 e. The van der Waals surface area contributed by atoms with Crippen LogP contribution in [0.15, 0.2) is 30.3 Å². The summed E-state index contributed by atoms with van der Waals surface area (Å²) >= 11 is 3.55. The lowest BCUT2D eigenvalue weighted by Crippen LogP contribution is -2.01. The smallest absolute Gasteiger partial charge is 0.177 e. The highest BCUT2D eigenvalue weighted by Gasteiger charge is 2.17. The molecular weight excluding hydrogens is 279 g/mol. The van der Waals surface area contributed by atoms with E-state index in [1.807, 2.05) is 17.8 Å². The maximum absolute atomic E-state index is 12.8. The van der Waals surface area contributed by atoms with Gasteiger partial charge in [-0.25, -0.2) is 4.39 Å². The maximum Gasteiger partial charge on any atom is 0.177 e. The van der Waals surface area contributed by atoms with Crippen LogP contribution in [-0.2, 0) is 18.6 Å². The van der Waals surface area contributed by atoms with E-state index in [4.69, 9.17) is 0 Å². The molecule has 1 aromatic heterocycles. The molecule has 0 unspecified atom stereocenters. The van der Waals surface area contributed by atoms with E-state index in [1.165, 1.54) is 22.6 Å². The third kappa shape index (κ3) is 2.90. The van der Waals surface area contributed by atoms with Gasteiger partial charge in [0.2, 0.25) is 0 Å². The number of hydrogen-bond acceptors (Lipinski definition) is 3. The van der Waals surface area contributed by atoms with Crippen molar-refractivity contribution >= 4 is 28.9 Å². The van der Waals surface area contributed by atoms with Crippen molar-refractivity contribution in [1.82, 2.24) is 0 Å². The van der Waals surface area contributed by atoms with Gasteiger partial charge in [-0.3, -0.25) is 4.79 Å². The normalized spacial score (nSPS) is 14.2. The molecule has 1 nitrogen and oxygen atoms in total. The number of benzene rings is 1. The van der Waals surface area contributed by atoms with Crippen molar-refractivity contribution in [2.24, 2.45) is 0 Å². The van der Waals surface area contributed by atoms with Gasteiger partial charge in [0, 0.05) is 17.1 Å². The summed E-state index contributed by atoms with van der Waals surface area (Å²) < 4.78 is 12.8. The van der Waals surface area contributed by atoms with Gasteiger partial charge in [-0.05, 0) is 41.5 Å². The van der Waals surface area contributed by atoms with Crippen molar-refractivity contribution in [3.8, 4) is 0 Å². The molecule has 98 valence electrons. The lowest BCUT2D eigenvalue weighted by molar-refractivity contribution is 0.0996. The van der Waals surface area contributed by atoms with Crippen LogP contribution in [0.1, 0.15) is 25.7 Å². The summed E-state index contributed by atoms with van der Waals surface area (Å²) in [5.74, 6) is 2.05. The largest absolute Gasteiger partial charge is 0.293 e. The average Bonchev–Trinajstić information content (AvgIpc) is 2.85. The molecule has 0 fully saturated rings. The molecule has 0 aliphatic carbocycles. The second-order valence-electron chi connectivity index (χ2n) is 4.59. The Morgan fingerprint density at radius 1 is 1.26 bits per heavy atom. The van der Waals surface area contributed by atoms with Crippen LogP contribution in [0.3, 0.4) is 0 Å². The van der Waals surface area contributed by atoms with E-state index < -0.39 is 0 Å². The molecule has 0 radical (unpaired) electrons. The molecule has 19 heavy (non-hydrogen) atoms. The standard InChI is InChI=1S/C15H13FOS2/c16-12-3-1-10(2-4-12)7-13(17)15-8-11-9-18-6-5-14(11)19-15/h1-4,8H,5-7,9H2. The Hall–Kier alpha value is -1.13. The molecule has 0 N–H and O–H groups in total. The molecule has 0 atom stereocenters. The first kappa shape index (κ1) is 12.9. The predicted octanol–water partition coefficient (Wildman–Crippen LogP) is 4.10. The third-order valence-electron chi connectivity index (χ3n) is 3.18. The number of carbonyl (C=O) groups excluding carboxylic acids is 1. The van der Waals surface area contributed by atoms with E-state index in [0.29, 0.717) is 6.42 Å². The highest BCUT2D eigenvalue weighted by Crippen LogP contribution is 2.32. The van der Waals surface area contributed by atoms with Crippen molar-refractivity contribution in [2.45, 2.75) is 18.6 Å². The average molecular weight is 292 g/mol. The monoisotopic (exact) mass is 292 g/mol. The summed E-state index contributed by atoms with van der Waals surface area (Å²) in [4.78, 5) is 14.4. The highest BCUT2D eigenvalue weighted by molar-refractivity contribution is 7.98. The van der Waals surface area contributed by atoms with Gasteiger partial charge in [0.15, 0.2) is 5.78 Å². The van der Waals surface area contributed by atoms with E-state index in [2.05, 4.69) is 0 Å². The van der Waals surface area contributed by atoms with E-state index in [9.17, 15) is 9.18 Å². The van der Waals surface area contributed by atoms with Gasteiger partial charge in [-0.15, -0.1) is 11.3 Å². The molecule has 1 aliphatic rings. The summed E-state index contributed by atoms with van der Waals surface area (Å²) in [6, 6.07) is 8.20. The highest BCUT2D eigenvalue weighted by atomic mass is 32.2. The number of fused-ring (bicyclic) bond motifs is 1. The van der Waals surface area contributed by atoms with Gasteiger partial charge in [-0.1, -0.05) is 12.1 Å². The van der Waals surface area contributed by atoms with Crippen LogP contribution in [0.5, 0.6) is 0 Å². The molecule has 2 heterocycles. The zero-order valence-electron chi connectivity index (χ0n) is 10.3. The van der Waals surface area contributed by atoms with Crippen LogP contribution >= 0.6 is 23.1 Å². The van der Waals surface area contributed by atoms with E-state index >= 15 is 0 Å².